The minimum absolute atomic E-state index is 0.00164. The molecule has 0 saturated heterocycles. The third-order valence-electron chi connectivity index (χ3n) is 5.89. The van der Waals surface area contributed by atoms with Crippen molar-refractivity contribution in [3.63, 3.8) is 0 Å². The van der Waals surface area contributed by atoms with Gasteiger partial charge in [0.1, 0.15) is 12.2 Å². The van der Waals surface area contributed by atoms with E-state index in [1.165, 1.54) is 7.11 Å². The first-order valence-electron chi connectivity index (χ1n) is 11.2. The fourth-order valence-corrected chi connectivity index (χ4v) is 4.37. The van der Waals surface area contributed by atoms with E-state index in [-0.39, 0.29) is 36.9 Å². The number of carbonyl (C=O) groups is 3. The summed E-state index contributed by atoms with van der Waals surface area (Å²) in [6, 6.07) is 8.43. The van der Waals surface area contributed by atoms with E-state index in [0.29, 0.717) is 0 Å². The molecule has 1 aromatic carbocycles. The summed E-state index contributed by atoms with van der Waals surface area (Å²) in [6.07, 6.45) is 2.38. The second kappa shape index (κ2) is 10.4. The molecule has 2 aliphatic carbocycles. The number of benzene rings is 1. The quantitative estimate of drug-likeness (QED) is 0.450. The fraction of sp³-hybridized carbons (Fsp3) is 0.625. The van der Waals surface area contributed by atoms with Gasteiger partial charge in [0, 0.05) is 6.04 Å². The van der Waals surface area contributed by atoms with Crippen molar-refractivity contribution >= 4 is 18.2 Å². The van der Waals surface area contributed by atoms with Gasteiger partial charge in [-0.2, -0.15) is 0 Å². The number of methoxy groups -OCH3 is 1. The minimum atomic E-state index is -0.946. The van der Waals surface area contributed by atoms with Gasteiger partial charge in [0.05, 0.1) is 19.8 Å². The number of alkyl carbamates (subject to hydrolysis) is 2. The van der Waals surface area contributed by atoms with Gasteiger partial charge < -0.3 is 29.6 Å². The van der Waals surface area contributed by atoms with Gasteiger partial charge in [-0.05, 0) is 57.4 Å². The van der Waals surface area contributed by atoms with Gasteiger partial charge in [0.2, 0.25) is 0 Å². The number of hydrogen-bond donors (Lipinski definition) is 2. The molecule has 2 N–H and O–H groups in total. The summed E-state index contributed by atoms with van der Waals surface area (Å²) in [7, 11) is 1.26. The van der Waals surface area contributed by atoms with Crippen LogP contribution in [0.4, 0.5) is 9.59 Å². The molecule has 0 radical (unpaired) electrons. The summed E-state index contributed by atoms with van der Waals surface area (Å²) in [5.41, 5.74) is 0.505. The van der Waals surface area contributed by atoms with E-state index < -0.39 is 23.7 Å². The largest absolute Gasteiger partial charge is 0.467 e. The van der Waals surface area contributed by atoms with Crippen LogP contribution in [0.15, 0.2) is 30.3 Å². The number of carbonyl (C=O) groups excluding carboxylic acids is 3. The third-order valence-corrected chi connectivity index (χ3v) is 5.89. The van der Waals surface area contributed by atoms with Crippen LogP contribution in [-0.2, 0) is 30.3 Å². The third kappa shape index (κ3) is 7.35. The van der Waals surface area contributed by atoms with E-state index in [2.05, 4.69) is 10.6 Å². The van der Waals surface area contributed by atoms with Crippen LogP contribution in [0.5, 0.6) is 0 Å². The van der Waals surface area contributed by atoms with Crippen molar-refractivity contribution < 1.29 is 33.3 Å². The van der Waals surface area contributed by atoms with E-state index in [1.54, 1.807) is 0 Å². The number of ether oxygens (including phenoxy) is 4. The van der Waals surface area contributed by atoms with Crippen molar-refractivity contribution in [2.24, 2.45) is 5.41 Å². The van der Waals surface area contributed by atoms with E-state index in [4.69, 9.17) is 18.9 Å². The number of nitrogens with one attached hydrogen (secondary N) is 2. The molecule has 182 valence electrons. The van der Waals surface area contributed by atoms with E-state index in [1.807, 2.05) is 51.1 Å². The van der Waals surface area contributed by atoms with Gasteiger partial charge in [0.25, 0.3) is 0 Å². The highest BCUT2D eigenvalue weighted by Gasteiger charge is 2.54. The van der Waals surface area contributed by atoms with Crippen LogP contribution < -0.4 is 10.6 Å². The summed E-state index contributed by atoms with van der Waals surface area (Å²) in [4.78, 5) is 36.0. The maximum absolute atomic E-state index is 12.1. The standard InChI is InChI=1S/C24H34N2O7/c1-23(2,3)33-22(29)25-17-10-24(11-17)12-18(13-24)31-15-19(20(27)30-4)26-21(28)32-14-16-8-6-5-7-9-16/h5-9,17-19H,10-15H2,1-4H3,(H,25,29)(H,26,28). The lowest BCUT2D eigenvalue weighted by atomic mass is 9.53. The first-order valence-corrected chi connectivity index (χ1v) is 11.2. The molecule has 0 aromatic heterocycles. The normalized spacial score (nSPS) is 24.6. The Hall–Kier alpha value is -2.81. The van der Waals surface area contributed by atoms with Crippen LogP contribution >= 0.6 is 0 Å². The molecule has 1 atom stereocenters. The maximum Gasteiger partial charge on any atom is 0.408 e. The molecule has 0 heterocycles. The second-order valence-corrected chi connectivity index (χ2v) is 9.90. The Kier molecular flexibility index (Phi) is 7.84. The molecule has 1 spiro atoms. The number of hydrogen-bond acceptors (Lipinski definition) is 7. The minimum Gasteiger partial charge on any atom is -0.467 e. The van der Waals surface area contributed by atoms with Crippen molar-refractivity contribution in [3.05, 3.63) is 35.9 Å². The highest BCUT2D eigenvalue weighted by Crippen LogP contribution is 2.56. The Bertz CT molecular complexity index is 823. The van der Waals surface area contributed by atoms with Gasteiger partial charge in [0.15, 0.2) is 6.04 Å². The van der Waals surface area contributed by atoms with Crippen molar-refractivity contribution in [2.45, 2.75) is 76.9 Å². The molecule has 0 bridgehead atoms. The molecule has 2 aliphatic rings. The van der Waals surface area contributed by atoms with Crippen LogP contribution in [0.3, 0.4) is 0 Å². The van der Waals surface area contributed by atoms with Crippen LogP contribution in [-0.4, -0.2) is 55.7 Å². The molecule has 3 rings (SSSR count). The van der Waals surface area contributed by atoms with E-state index in [9.17, 15) is 14.4 Å². The zero-order valence-corrected chi connectivity index (χ0v) is 19.7. The molecule has 2 fully saturated rings. The molecular weight excluding hydrogens is 428 g/mol. The average Bonchev–Trinajstić information content (AvgIpc) is 2.70. The van der Waals surface area contributed by atoms with Gasteiger partial charge in [-0.25, -0.2) is 14.4 Å². The lowest BCUT2D eigenvalue weighted by molar-refractivity contribution is -0.152. The number of amides is 2. The predicted molar refractivity (Wildman–Crippen MR) is 119 cm³/mol. The fourth-order valence-electron chi connectivity index (χ4n) is 4.37. The van der Waals surface area contributed by atoms with Gasteiger partial charge in [-0.1, -0.05) is 30.3 Å². The second-order valence-electron chi connectivity index (χ2n) is 9.90. The van der Waals surface area contributed by atoms with Crippen LogP contribution in [0, 0.1) is 5.41 Å². The first kappa shape index (κ1) is 24.8. The van der Waals surface area contributed by atoms with Crippen LogP contribution in [0.2, 0.25) is 0 Å². The lowest BCUT2D eigenvalue weighted by Gasteiger charge is -2.57. The van der Waals surface area contributed by atoms with E-state index >= 15 is 0 Å². The molecule has 33 heavy (non-hydrogen) atoms. The Morgan fingerprint density at radius 3 is 2.33 bits per heavy atom. The lowest BCUT2D eigenvalue weighted by Crippen LogP contribution is -2.59. The average molecular weight is 463 g/mol. The zero-order chi connectivity index (χ0) is 24.1. The summed E-state index contributed by atoms with van der Waals surface area (Å²) in [5.74, 6) is -0.592. The van der Waals surface area contributed by atoms with Crippen molar-refractivity contribution in [3.8, 4) is 0 Å². The highest BCUT2D eigenvalue weighted by atomic mass is 16.6. The Labute approximate surface area is 194 Å². The molecule has 1 unspecified atom stereocenters. The monoisotopic (exact) mass is 462 g/mol. The topological polar surface area (TPSA) is 112 Å². The van der Waals surface area contributed by atoms with Crippen molar-refractivity contribution in [1.82, 2.24) is 10.6 Å². The molecular formula is C24H34N2O7. The highest BCUT2D eigenvalue weighted by molar-refractivity contribution is 5.81. The van der Waals surface area contributed by atoms with Crippen LogP contribution in [0.25, 0.3) is 0 Å². The van der Waals surface area contributed by atoms with E-state index in [0.717, 1.165) is 31.2 Å². The van der Waals surface area contributed by atoms with Crippen LogP contribution in [0.1, 0.15) is 52.0 Å². The molecule has 9 heteroatoms. The number of esters is 1. The SMILES string of the molecule is COC(=O)C(COC1CC2(CC(NC(=O)OC(C)(C)C)C2)C1)NC(=O)OCc1ccccc1. The summed E-state index contributed by atoms with van der Waals surface area (Å²) in [5, 5.41) is 5.42. The van der Waals surface area contributed by atoms with Gasteiger partial charge in [-0.15, -0.1) is 0 Å². The molecule has 1 aromatic rings. The smallest absolute Gasteiger partial charge is 0.408 e. The Morgan fingerprint density at radius 2 is 1.73 bits per heavy atom. The zero-order valence-electron chi connectivity index (χ0n) is 19.7. The van der Waals surface area contributed by atoms with Gasteiger partial charge >= 0.3 is 18.2 Å². The van der Waals surface area contributed by atoms with Crippen molar-refractivity contribution in [1.29, 1.82) is 0 Å². The summed E-state index contributed by atoms with van der Waals surface area (Å²) in [6.45, 7) is 5.62. The van der Waals surface area contributed by atoms with Crippen molar-refractivity contribution in [2.75, 3.05) is 13.7 Å². The molecule has 2 amide bonds. The maximum atomic E-state index is 12.1. The summed E-state index contributed by atoms with van der Waals surface area (Å²) < 4.78 is 21.1. The predicted octanol–water partition coefficient (Wildman–Crippen LogP) is 3.31. The Morgan fingerprint density at radius 1 is 1.06 bits per heavy atom. The Balaban J connectivity index is 1.35. The summed E-state index contributed by atoms with van der Waals surface area (Å²) >= 11 is 0. The molecule has 2 saturated carbocycles. The number of rotatable bonds is 8. The van der Waals surface area contributed by atoms with Gasteiger partial charge in [-0.3, -0.25) is 0 Å². The molecule has 9 nitrogen and oxygen atoms in total. The molecule has 0 aliphatic heterocycles. The first-order chi connectivity index (χ1) is 15.6.